The molecule has 1 fully saturated rings. The van der Waals surface area contributed by atoms with Crippen molar-refractivity contribution in [3.63, 3.8) is 0 Å². The van der Waals surface area contributed by atoms with Crippen molar-refractivity contribution in [1.82, 2.24) is 19.9 Å². The maximum Gasteiger partial charge on any atom is 0.310 e. The fourth-order valence-corrected chi connectivity index (χ4v) is 4.69. The molecule has 0 saturated heterocycles. The average molecular weight is 384 g/mol. The lowest BCUT2D eigenvalue weighted by Gasteiger charge is -2.28. The van der Waals surface area contributed by atoms with Gasteiger partial charge in [-0.05, 0) is 25.0 Å². The largest absolute Gasteiger partial charge is 0.457 e. The fraction of sp³-hybridized carbons (Fsp3) is 0.389. The van der Waals surface area contributed by atoms with Crippen LogP contribution < -0.4 is 11.5 Å². The van der Waals surface area contributed by atoms with Crippen molar-refractivity contribution in [2.24, 2.45) is 5.92 Å². The molecule has 0 aliphatic heterocycles. The highest BCUT2D eigenvalue weighted by atomic mass is 32.1. The van der Waals surface area contributed by atoms with Crippen LogP contribution in [0.3, 0.4) is 0 Å². The minimum atomic E-state index is -0.253. The van der Waals surface area contributed by atoms with E-state index in [2.05, 4.69) is 21.0 Å². The number of para-hydroxylation sites is 1. The second-order valence-corrected chi connectivity index (χ2v) is 7.66. The lowest BCUT2D eigenvalue weighted by atomic mass is 9.79. The van der Waals surface area contributed by atoms with Crippen LogP contribution in [0.5, 0.6) is 0 Å². The topological polar surface area (TPSA) is 130 Å². The Kier molecular flexibility index (Phi) is 4.85. The molecule has 2 aromatic heterocycles. The van der Waals surface area contributed by atoms with Crippen molar-refractivity contribution in [1.29, 1.82) is 0 Å². The number of hydrogen-bond acceptors (Lipinski definition) is 9. The monoisotopic (exact) mass is 384 g/mol. The smallest absolute Gasteiger partial charge is 0.310 e. The minimum Gasteiger partial charge on any atom is -0.457 e. The number of anilines is 2. The predicted molar refractivity (Wildman–Crippen MR) is 103 cm³/mol. The van der Waals surface area contributed by atoms with Crippen molar-refractivity contribution in [2.75, 3.05) is 11.5 Å². The predicted octanol–water partition coefficient (Wildman–Crippen LogP) is 2.66. The van der Waals surface area contributed by atoms with Gasteiger partial charge in [-0.15, -0.1) is 11.3 Å². The van der Waals surface area contributed by atoms with Crippen LogP contribution in [0.25, 0.3) is 10.2 Å². The van der Waals surface area contributed by atoms with Gasteiger partial charge in [-0.2, -0.15) is 15.0 Å². The number of aromatic nitrogens is 4. The van der Waals surface area contributed by atoms with E-state index >= 15 is 0 Å². The summed E-state index contributed by atoms with van der Waals surface area (Å²) >= 11 is 1.66. The van der Waals surface area contributed by atoms with E-state index in [1.807, 2.05) is 18.2 Å². The SMILES string of the molecule is Nc1nc(N)nc(COC(=O)[C@@H]2CCCC[C@@H]2c2nc3ccccc3s2)n1. The number of esters is 1. The third-order valence-electron chi connectivity index (χ3n) is 4.76. The summed E-state index contributed by atoms with van der Waals surface area (Å²) in [5.74, 6) is -0.109. The van der Waals surface area contributed by atoms with Gasteiger partial charge in [0.2, 0.25) is 11.9 Å². The molecule has 140 valence electrons. The molecule has 8 nitrogen and oxygen atoms in total. The van der Waals surface area contributed by atoms with Gasteiger partial charge in [0, 0.05) is 5.92 Å². The van der Waals surface area contributed by atoms with E-state index in [4.69, 9.17) is 21.2 Å². The molecule has 9 heteroatoms. The summed E-state index contributed by atoms with van der Waals surface area (Å²) in [5, 5.41) is 1.01. The zero-order valence-electron chi connectivity index (χ0n) is 14.7. The average Bonchev–Trinajstić information content (AvgIpc) is 3.09. The Morgan fingerprint density at radius 2 is 1.81 bits per heavy atom. The zero-order chi connectivity index (χ0) is 18.8. The molecule has 2 heterocycles. The Morgan fingerprint density at radius 1 is 1.07 bits per heavy atom. The first-order chi connectivity index (χ1) is 13.1. The van der Waals surface area contributed by atoms with Gasteiger partial charge in [-0.3, -0.25) is 4.79 Å². The number of benzene rings is 1. The number of nitrogen functional groups attached to an aromatic ring is 2. The number of carbonyl (C=O) groups excluding carboxylic acids is 1. The van der Waals surface area contributed by atoms with Gasteiger partial charge in [0.25, 0.3) is 0 Å². The molecular formula is C18H20N6O2S. The summed E-state index contributed by atoms with van der Waals surface area (Å²) in [6.07, 6.45) is 3.82. The van der Waals surface area contributed by atoms with Crippen LogP contribution in [0.15, 0.2) is 24.3 Å². The molecule has 1 aromatic carbocycles. The first-order valence-electron chi connectivity index (χ1n) is 8.88. The van der Waals surface area contributed by atoms with Crippen molar-refractivity contribution >= 4 is 39.4 Å². The van der Waals surface area contributed by atoms with Gasteiger partial charge in [0.15, 0.2) is 12.4 Å². The van der Waals surface area contributed by atoms with Crippen molar-refractivity contribution in [3.8, 4) is 0 Å². The van der Waals surface area contributed by atoms with Crippen LogP contribution in [0.1, 0.15) is 42.4 Å². The molecule has 0 bridgehead atoms. The van der Waals surface area contributed by atoms with Gasteiger partial charge >= 0.3 is 5.97 Å². The van der Waals surface area contributed by atoms with E-state index in [-0.39, 0.29) is 42.1 Å². The molecule has 3 aromatic rings. The summed E-state index contributed by atoms with van der Waals surface area (Å²) in [6.45, 7) is -0.0706. The molecule has 27 heavy (non-hydrogen) atoms. The van der Waals surface area contributed by atoms with Crippen LogP contribution >= 0.6 is 11.3 Å². The van der Waals surface area contributed by atoms with Crippen LogP contribution in [0.4, 0.5) is 11.9 Å². The molecule has 4 N–H and O–H groups in total. The summed E-state index contributed by atoms with van der Waals surface area (Å²) in [6, 6.07) is 8.04. The Morgan fingerprint density at radius 3 is 2.59 bits per heavy atom. The molecule has 0 unspecified atom stereocenters. The molecule has 1 aliphatic rings. The number of carbonyl (C=O) groups is 1. The van der Waals surface area contributed by atoms with E-state index in [1.165, 1.54) is 0 Å². The third kappa shape index (κ3) is 3.82. The normalized spacial score (nSPS) is 19.9. The van der Waals surface area contributed by atoms with Gasteiger partial charge in [-0.1, -0.05) is 25.0 Å². The highest BCUT2D eigenvalue weighted by Gasteiger charge is 2.35. The Labute approximate surface area is 160 Å². The Hall–Kier alpha value is -2.81. The quantitative estimate of drug-likeness (QED) is 0.657. The number of nitrogens with two attached hydrogens (primary N) is 2. The van der Waals surface area contributed by atoms with E-state index in [0.29, 0.717) is 0 Å². The van der Waals surface area contributed by atoms with Crippen LogP contribution in [-0.4, -0.2) is 25.9 Å². The fourth-order valence-electron chi connectivity index (χ4n) is 3.52. The molecular weight excluding hydrogens is 364 g/mol. The first-order valence-corrected chi connectivity index (χ1v) is 9.70. The zero-order valence-corrected chi connectivity index (χ0v) is 15.5. The molecule has 0 amide bonds. The molecule has 0 radical (unpaired) electrons. The number of thiazole rings is 1. The number of hydrogen-bond donors (Lipinski definition) is 2. The summed E-state index contributed by atoms with van der Waals surface area (Å²) < 4.78 is 6.62. The molecule has 4 rings (SSSR count). The van der Waals surface area contributed by atoms with E-state index in [9.17, 15) is 4.79 Å². The summed E-state index contributed by atoms with van der Waals surface area (Å²) in [5.41, 5.74) is 12.1. The minimum absolute atomic E-state index is 0.0126. The highest BCUT2D eigenvalue weighted by molar-refractivity contribution is 7.18. The lowest BCUT2D eigenvalue weighted by molar-refractivity contribution is -0.152. The van der Waals surface area contributed by atoms with Gasteiger partial charge in [0.05, 0.1) is 21.1 Å². The van der Waals surface area contributed by atoms with E-state index < -0.39 is 0 Å². The Bertz CT molecular complexity index is 922. The number of rotatable bonds is 4. The summed E-state index contributed by atoms with van der Waals surface area (Å²) in [4.78, 5) is 29.1. The number of fused-ring (bicyclic) bond motifs is 1. The number of nitrogens with zero attached hydrogens (tertiary/aromatic N) is 4. The number of ether oxygens (including phenoxy) is 1. The Balaban J connectivity index is 1.50. The molecule has 2 atom stereocenters. The van der Waals surface area contributed by atoms with Gasteiger partial charge in [-0.25, -0.2) is 4.98 Å². The third-order valence-corrected chi connectivity index (χ3v) is 5.92. The van der Waals surface area contributed by atoms with Crippen LogP contribution in [-0.2, 0) is 16.1 Å². The van der Waals surface area contributed by atoms with E-state index in [0.717, 1.165) is 40.9 Å². The van der Waals surface area contributed by atoms with Gasteiger partial charge < -0.3 is 16.2 Å². The molecule has 1 aliphatic carbocycles. The first kappa shape index (κ1) is 17.6. The summed E-state index contributed by atoms with van der Waals surface area (Å²) in [7, 11) is 0. The maximum atomic E-state index is 12.8. The van der Waals surface area contributed by atoms with Gasteiger partial charge in [0.1, 0.15) is 0 Å². The van der Waals surface area contributed by atoms with Crippen molar-refractivity contribution in [3.05, 3.63) is 35.1 Å². The van der Waals surface area contributed by atoms with Crippen LogP contribution in [0, 0.1) is 5.92 Å². The lowest BCUT2D eigenvalue weighted by Crippen LogP contribution is -2.27. The maximum absolute atomic E-state index is 12.8. The van der Waals surface area contributed by atoms with Crippen LogP contribution in [0.2, 0.25) is 0 Å². The standard InChI is InChI=1S/C18H20N6O2S/c19-17-22-14(23-18(20)24-17)9-26-16(25)11-6-2-1-5-10(11)15-21-12-7-3-4-8-13(12)27-15/h3-4,7-8,10-11H,1-2,5-6,9H2,(H4,19,20,22,23,24)/t10-,11+/m0/s1. The molecule has 0 spiro atoms. The highest BCUT2D eigenvalue weighted by Crippen LogP contribution is 2.41. The van der Waals surface area contributed by atoms with E-state index in [1.54, 1.807) is 11.3 Å². The van der Waals surface area contributed by atoms with Crippen molar-refractivity contribution < 1.29 is 9.53 Å². The van der Waals surface area contributed by atoms with Crippen molar-refractivity contribution in [2.45, 2.75) is 38.2 Å². The second kappa shape index (κ2) is 7.43. The second-order valence-electron chi connectivity index (χ2n) is 6.59. The molecule has 1 saturated carbocycles.